The zero-order valence-electron chi connectivity index (χ0n) is 16.4. The van der Waals surface area contributed by atoms with Crippen LogP contribution in [0.15, 0.2) is 54.6 Å². The number of rotatable bonds is 9. The number of anilines is 1. The summed E-state index contributed by atoms with van der Waals surface area (Å²) in [6, 6.07) is 14.4. The van der Waals surface area contributed by atoms with E-state index in [-0.39, 0.29) is 12.5 Å². The molecule has 0 aliphatic heterocycles. The molecule has 0 spiro atoms. The van der Waals surface area contributed by atoms with E-state index in [0.29, 0.717) is 29.7 Å². The first kappa shape index (κ1) is 21.0. The highest BCUT2D eigenvalue weighted by Crippen LogP contribution is 2.29. The van der Waals surface area contributed by atoms with Gasteiger partial charge in [-0.15, -0.1) is 0 Å². The Morgan fingerprint density at radius 3 is 2.43 bits per heavy atom. The molecule has 0 bridgehead atoms. The third kappa shape index (κ3) is 6.16. The number of carbonyl (C=O) groups excluding carboxylic acids is 2. The highest BCUT2D eigenvalue weighted by molar-refractivity contribution is 6.06. The number of para-hydroxylation sites is 1. The Morgan fingerprint density at radius 2 is 1.82 bits per heavy atom. The Kier molecular flexibility index (Phi) is 7.63. The molecule has 0 unspecified atom stereocenters. The lowest BCUT2D eigenvalue weighted by Gasteiger charge is -2.19. The fourth-order valence-corrected chi connectivity index (χ4v) is 2.48. The topological polar surface area (TPSA) is 81.9 Å². The highest BCUT2D eigenvalue weighted by atomic mass is 16.5. The molecule has 28 heavy (non-hydrogen) atoms. The van der Waals surface area contributed by atoms with Gasteiger partial charge in [0.1, 0.15) is 6.54 Å². The van der Waals surface area contributed by atoms with Gasteiger partial charge in [0.2, 0.25) is 5.91 Å². The van der Waals surface area contributed by atoms with E-state index >= 15 is 0 Å². The summed E-state index contributed by atoms with van der Waals surface area (Å²) in [6.07, 6.45) is 3.06. The summed E-state index contributed by atoms with van der Waals surface area (Å²) in [7, 11) is 1.57. The smallest absolute Gasteiger partial charge is 0.251 e. The van der Waals surface area contributed by atoms with Crippen molar-refractivity contribution in [1.82, 2.24) is 0 Å². The van der Waals surface area contributed by atoms with Crippen molar-refractivity contribution < 1.29 is 19.1 Å². The molecule has 0 saturated heterocycles. The molecule has 0 saturated carbocycles. The molecule has 148 valence electrons. The average molecular weight is 382 g/mol. The van der Waals surface area contributed by atoms with E-state index in [2.05, 4.69) is 13.8 Å². The van der Waals surface area contributed by atoms with Crippen LogP contribution in [0.25, 0.3) is 6.08 Å². The molecule has 2 rings (SSSR count). The SMILES string of the molecule is COc1cc(/C=C/C(=O)N(CC(N)=O)c2ccccc2)ccc1OCC(C)C. The molecule has 6 heteroatoms. The fraction of sp³-hybridized carbons (Fsp3) is 0.273. The number of carbonyl (C=O) groups is 2. The first-order chi connectivity index (χ1) is 13.4. The van der Waals surface area contributed by atoms with Crippen LogP contribution < -0.4 is 20.1 Å². The number of nitrogens with two attached hydrogens (primary N) is 1. The predicted octanol–water partition coefficient (Wildman–Crippen LogP) is 3.26. The Labute approximate surface area is 165 Å². The van der Waals surface area contributed by atoms with Gasteiger partial charge in [-0.3, -0.25) is 14.5 Å². The van der Waals surface area contributed by atoms with Crippen molar-refractivity contribution in [2.75, 3.05) is 25.2 Å². The van der Waals surface area contributed by atoms with E-state index in [0.717, 1.165) is 5.56 Å². The van der Waals surface area contributed by atoms with Crippen molar-refractivity contribution in [3.63, 3.8) is 0 Å². The van der Waals surface area contributed by atoms with Crippen molar-refractivity contribution in [1.29, 1.82) is 0 Å². The van der Waals surface area contributed by atoms with E-state index < -0.39 is 5.91 Å². The molecular formula is C22H26N2O4. The minimum atomic E-state index is -0.584. The molecule has 6 nitrogen and oxygen atoms in total. The van der Waals surface area contributed by atoms with Crippen LogP contribution in [-0.2, 0) is 9.59 Å². The van der Waals surface area contributed by atoms with Crippen molar-refractivity contribution in [2.45, 2.75) is 13.8 Å². The third-order valence-electron chi connectivity index (χ3n) is 3.83. The molecular weight excluding hydrogens is 356 g/mol. The summed E-state index contributed by atoms with van der Waals surface area (Å²) in [4.78, 5) is 25.3. The van der Waals surface area contributed by atoms with Gasteiger partial charge in [0.15, 0.2) is 11.5 Å². The fourth-order valence-electron chi connectivity index (χ4n) is 2.48. The molecule has 0 aromatic heterocycles. The quantitative estimate of drug-likeness (QED) is 0.675. The summed E-state index contributed by atoms with van der Waals surface area (Å²) < 4.78 is 11.1. The maximum atomic E-state index is 12.6. The Balaban J connectivity index is 2.18. The number of ether oxygens (including phenoxy) is 2. The molecule has 0 heterocycles. The van der Waals surface area contributed by atoms with E-state index in [1.54, 1.807) is 43.5 Å². The standard InChI is InChI=1S/C22H26N2O4/c1-16(2)15-28-19-11-9-17(13-20(19)27-3)10-12-22(26)24(14-21(23)25)18-7-5-4-6-8-18/h4-13,16H,14-15H2,1-3H3,(H2,23,25)/b12-10+. The molecule has 0 atom stereocenters. The number of hydrogen-bond donors (Lipinski definition) is 1. The van der Waals surface area contributed by atoms with Crippen molar-refractivity contribution in [2.24, 2.45) is 11.7 Å². The second-order valence-electron chi connectivity index (χ2n) is 6.67. The van der Waals surface area contributed by atoms with Gasteiger partial charge in [-0.1, -0.05) is 38.1 Å². The Hall–Kier alpha value is -3.28. The summed E-state index contributed by atoms with van der Waals surface area (Å²) in [5.41, 5.74) is 6.67. The molecule has 2 amide bonds. The summed E-state index contributed by atoms with van der Waals surface area (Å²) in [5.74, 6) is 0.714. The first-order valence-corrected chi connectivity index (χ1v) is 9.04. The van der Waals surface area contributed by atoms with Gasteiger partial charge >= 0.3 is 0 Å². The normalized spacial score (nSPS) is 10.9. The number of methoxy groups -OCH3 is 1. The zero-order valence-corrected chi connectivity index (χ0v) is 16.4. The third-order valence-corrected chi connectivity index (χ3v) is 3.83. The number of benzene rings is 2. The van der Waals surface area contributed by atoms with Gasteiger partial charge in [0, 0.05) is 11.8 Å². The van der Waals surface area contributed by atoms with Crippen molar-refractivity contribution in [3.8, 4) is 11.5 Å². The van der Waals surface area contributed by atoms with Gasteiger partial charge < -0.3 is 15.2 Å². The largest absolute Gasteiger partial charge is 0.493 e. The van der Waals surface area contributed by atoms with E-state index in [1.807, 2.05) is 18.2 Å². The van der Waals surface area contributed by atoms with Crippen LogP contribution in [0, 0.1) is 5.92 Å². The molecule has 2 aromatic rings. The lowest BCUT2D eigenvalue weighted by atomic mass is 10.1. The van der Waals surface area contributed by atoms with Gasteiger partial charge in [-0.2, -0.15) is 0 Å². The Morgan fingerprint density at radius 1 is 1.11 bits per heavy atom. The number of amides is 2. The molecule has 0 aliphatic rings. The predicted molar refractivity (Wildman–Crippen MR) is 110 cm³/mol. The van der Waals surface area contributed by atoms with Crippen LogP contribution in [-0.4, -0.2) is 32.1 Å². The maximum absolute atomic E-state index is 12.6. The molecule has 2 aromatic carbocycles. The summed E-state index contributed by atoms with van der Waals surface area (Å²) >= 11 is 0. The van der Waals surface area contributed by atoms with E-state index in [1.165, 1.54) is 11.0 Å². The lowest BCUT2D eigenvalue weighted by Crippen LogP contribution is -2.37. The summed E-state index contributed by atoms with van der Waals surface area (Å²) in [6.45, 7) is 4.53. The minimum absolute atomic E-state index is 0.196. The van der Waals surface area contributed by atoms with Crippen molar-refractivity contribution in [3.05, 3.63) is 60.2 Å². The number of hydrogen-bond acceptors (Lipinski definition) is 4. The molecule has 0 radical (unpaired) electrons. The van der Waals surface area contributed by atoms with Gasteiger partial charge in [0.25, 0.3) is 5.91 Å². The second-order valence-corrected chi connectivity index (χ2v) is 6.67. The lowest BCUT2D eigenvalue weighted by molar-refractivity contribution is -0.120. The summed E-state index contributed by atoms with van der Waals surface area (Å²) in [5, 5.41) is 0. The van der Waals surface area contributed by atoms with Gasteiger partial charge in [-0.25, -0.2) is 0 Å². The second kappa shape index (κ2) is 10.2. The van der Waals surface area contributed by atoms with Crippen LogP contribution in [0.1, 0.15) is 19.4 Å². The van der Waals surface area contributed by atoms with E-state index in [4.69, 9.17) is 15.2 Å². The average Bonchev–Trinajstić information content (AvgIpc) is 2.69. The molecule has 0 fully saturated rings. The van der Waals surface area contributed by atoms with E-state index in [9.17, 15) is 9.59 Å². The zero-order chi connectivity index (χ0) is 20.5. The molecule has 0 aliphatic carbocycles. The highest BCUT2D eigenvalue weighted by Gasteiger charge is 2.15. The number of nitrogens with zero attached hydrogens (tertiary/aromatic N) is 1. The van der Waals surface area contributed by atoms with Crippen LogP contribution in [0.4, 0.5) is 5.69 Å². The monoisotopic (exact) mass is 382 g/mol. The molecule has 2 N–H and O–H groups in total. The van der Waals surface area contributed by atoms with Crippen LogP contribution in [0.3, 0.4) is 0 Å². The van der Waals surface area contributed by atoms with Gasteiger partial charge in [0.05, 0.1) is 13.7 Å². The van der Waals surface area contributed by atoms with Gasteiger partial charge in [-0.05, 0) is 41.8 Å². The maximum Gasteiger partial charge on any atom is 0.251 e. The first-order valence-electron chi connectivity index (χ1n) is 9.04. The van der Waals surface area contributed by atoms with Crippen molar-refractivity contribution >= 4 is 23.6 Å². The van der Waals surface area contributed by atoms with Crippen LogP contribution >= 0.6 is 0 Å². The Bertz CT molecular complexity index is 832. The van der Waals surface area contributed by atoms with Crippen LogP contribution in [0.5, 0.6) is 11.5 Å². The number of primary amides is 1. The minimum Gasteiger partial charge on any atom is -0.493 e. The van der Waals surface area contributed by atoms with Crippen LogP contribution in [0.2, 0.25) is 0 Å².